The van der Waals surface area contributed by atoms with Crippen molar-refractivity contribution in [3.05, 3.63) is 53.7 Å². The Morgan fingerprint density at radius 2 is 2.05 bits per heavy atom. The molecule has 0 unspecified atom stereocenters. The third kappa shape index (κ3) is 2.00. The summed E-state index contributed by atoms with van der Waals surface area (Å²) in [5, 5.41) is 0. The summed E-state index contributed by atoms with van der Waals surface area (Å²) >= 11 is 0. The van der Waals surface area contributed by atoms with Crippen molar-refractivity contribution in [2.45, 2.75) is 20.4 Å². The zero-order valence-electron chi connectivity index (χ0n) is 11.1. The predicted octanol–water partition coefficient (Wildman–Crippen LogP) is 2.47. The number of nitrogens with zero attached hydrogens (tertiary/aromatic N) is 3. The molecule has 2 aromatic heterocycles. The van der Waals surface area contributed by atoms with Gasteiger partial charge in [0.15, 0.2) is 0 Å². The van der Waals surface area contributed by atoms with Crippen molar-refractivity contribution in [2.75, 3.05) is 0 Å². The van der Waals surface area contributed by atoms with Crippen molar-refractivity contribution < 1.29 is 0 Å². The van der Waals surface area contributed by atoms with Crippen molar-refractivity contribution in [3.8, 4) is 11.1 Å². The lowest BCUT2D eigenvalue weighted by atomic mass is 10.0. The van der Waals surface area contributed by atoms with Crippen LogP contribution in [0, 0.1) is 13.8 Å². The summed E-state index contributed by atoms with van der Waals surface area (Å²) in [7, 11) is 0. The van der Waals surface area contributed by atoms with Crippen LogP contribution in [0.15, 0.2) is 36.9 Å². The fourth-order valence-electron chi connectivity index (χ4n) is 2.37. The van der Waals surface area contributed by atoms with Crippen LogP contribution in [0.3, 0.4) is 0 Å². The van der Waals surface area contributed by atoms with Crippen LogP contribution < -0.4 is 5.73 Å². The molecule has 0 saturated carbocycles. The predicted molar refractivity (Wildman–Crippen MR) is 75.8 cm³/mol. The van der Waals surface area contributed by atoms with E-state index in [1.807, 2.05) is 16.8 Å². The summed E-state index contributed by atoms with van der Waals surface area (Å²) in [6.07, 6.45) is 5.55. The molecule has 0 atom stereocenters. The molecule has 0 aliphatic heterocycles. The van der Waals surface area contributed by atoms with Crippen LogP contribution in [-0.2, 0) is 6.54 Å². The number of fused-ring (bicyclic) bond motifs is 1. The molecule has 2 N–H and O–H groups in total. The maximum Gasteiger partial charge on any atom is 0.147 e. The molecule has 0 saturated heterocycles. The van der Waals surface area contributed by atoms with Gasteiger partial charge in [0.25, 0.3) is 0 Å². The van der Waals surface area contributed by atoms with Crippen molar-refractivity contribution in [1.29, 1.82) is 0 Å². The average Bonchev–Trinajstić information content (AvgIpc) is 2.82. The van der Waals surface area contributed by atoms with Crippen molar-refractivity contribution in [2.24, 2.45) is 5.73 Å². The van der Waals surface area contributed by atoms with Gasteiger partial charge in [0, 0.05) is 24.5 Å². The summed E-state index contributed by atoms with van der Waals surface area (Å²) < 4.78 is 1.93. The van der Waals surface area contributed by atoms with E-state index >= 15 is 0 Å². The number of rotatable bonds is 2. The number of aryl methyl sites for hydroxylation is 2. The Labute approximate surface area is 111 Å². The molecule has 19 heavy (non-hydrogen) atoms. The highest BCUT2D eigenvalue weighted by molar-refractivity contribution is 5.79. The highest BCUT2D eigenvalue weighted by atomic mass is 15.0. The van der Waals surface area contributed by atoms with Crippen molar-refractivity contribution in [1.82, 2.24) is 14.4 Å². The largest absolute Gasteiger partial charge is 0.325 e. The number of nitrogens with two attached hydrogens (primary N) is 1. The molecular weight excluding hydrogens is 236 g/mol. The molecule has 4 nitrogen and oxygen atoms in total. The van der Waals surface area contributed by atoms with E-state index in [0.717, 1.165) is 22.5 Å². The minimum Gasteiger partial charge on any atom is -0.325 e. The van der Waals surface area contributed by atoms with E-state index in [4.69, 9.17) is 5.73 Å². The van der Waals surface area contributed by atoms with E-state index < -0.39 is 0 Å². The van der Waals surface area contributed by atoms with Crippen LogP contribution in [0.5, 0.6) is 0 Å². The van der Waals surface area contributed by atoms with Gasteiger partial charge in [-0.15, -0.1) is 0 Å². The molecule has 0 aliphatic carbocycles. The molecule has 3 aromatic rings. The van der Waals surface area contributed by atoms with Gasteiger partial charge in [0.1, 0.15) is 12.0 Å². The van der Waals surface area contributed by atoms with Crippen molar-refractivity contribution in [3.63, 3.8) is 0 Å². The van der Waals surface area contributed by atoms with E-state index in [0.29, 0.717) is 6.54 Å². The number of benzene rings is 1. The van der Waals surface area contributed by atoms with Gasteiger partial charge in [-0.25, -0.2) is 9.97 Å². The Balaban J connectivity index is 2.26. The monoisotopic (exact) mass is 252 g/mol. The quantitative estimate of drug-likeness (QED) is 0.762. The number of hydrogen-bond acceptors (Lipinski definition) is 3. The Morgan fingerprint density at radius 1 is 1.21 bits per heavy atom. The summed E-state index contributed by atoms with van der Waals surface area (Å²) in [5.41, 5.74) is 12.1. The van der Waals surface area contributed by atoms with Crippen LogP contribution in [0.1, 0.15) is 16.8 Å². The van der Waals surface area contributed by atoms with E-state index in [1.165, 1.54) is 11.1 Å². The molecule has 4 heteroatoms. The summed E-state index contributed by atoms with van der Waals surface area (Å²) in [6.45, 7) is 4.64. The standard InChI is InChI=1S/C15H16N4/c1-10-3-4-13(11(2)5-10)14-7-17-9-19-8-12(6-16)18-15(14)19/h3-5,7-9H,6,16H2,1-2H3. The maximum atomic E-state index is 5.66. The zero-order chi connectivity index (χ0) is 13.4. The minimum atomic E-state index is 0.438. The van der Waals surface area contributed by atoms with Gasteiger partial charge < -0.3 is 5.73 Å². The van der Waals surface area contributed by atoms with Gasteiger partial charge in [-0.2, -0.15) is 0 Å². The van der Waals surface area contributed by atoms with Gasteiger partial charge in [-0.1, -0.05) is 23.8 Å². The van der Waals surface area contributed by atoms with Crippen LogP contribution in [0.4, 0.5) is 0 Å². The molecule has 2 heterocycles. The molecular formula is C15H16N4. The van der Waals surface area contributed by atoms with Gasteiger partial charge in [0.05, 0.1) is 5.69 Å². The highest BCUT2D eigenvalue weighted by Crippen LogP contribution is 2.27. The Morgan fingerprint density at radius 3 is 2.79 bits per heavy atom. The molecule has 3 rings (SSSR count). The Bertz CT molecular complexity index is 743. The summed E-state index contributed by atoms with van der Waals surface area (Å²) in [5.74, 6) is 0. The van der Waals surface area contributed by atoms with E-state index in [1.54, 1.807) is 6.33 Å². The molecule has 0 bridgehead atoms. The normalized spacial score (nSPS) is 11.1. The first kappa shape index (κ1) is 11.9. The second kappa shape index (κ2) is 4.48. The van der Waals surface area contributed by atoms with Crippen LogP contribution in [0.25, 0.3) is 16.8 Å². The lowest BCUT2D eigenvalue weighted by molar-refractivity contribution is 1.01. The van der Waals surface area contributed by atoms with E-state index in [-0.39, 0.29) is 0 Å². The maximum absolute atomic E-state index is 5.66. The Kier molecular flexibility index (Phi) is 2.80. The molecule has 0 fully saturated rings. The summed E-state index contributed by atoms with van der Waals surface area (Å²) in [6, 6.07) is 6.41. The fourth-order valence-corrected chi connectivity index (χ4v) is 2.37. The highest BCUT2D eigenvalue weighted by Gasteiger charge is 2.10. The molecule has 0 aliphatic rings. The third-order valence-electron chi connectivity index (χ3n) is 3.30. The first-order valence-electron chi connectivity index (χ1n) is 6.28. The second-order valence-electron chi connectivity index (χ2n) is 4.79. The van der Waals surface area contributed by atoms with Crippen LogP contribution >= 0.6 is 0 Å². The fraction of sp³-hybridized carbons (Fsp3) is 0.200. The lowest BCUT2D eigenvalue weighted by Crippen LogP contribution is -1.95. The Hall–Kier alpha value is -2.20. The third-order valence-corrected chi connectivity index (χ3v) is 3.30. The molecule has 0 amide bonds. The number of hydrogen-bond donors (Lipinski definition) is 1. The molecule has 0 spiro atoms. The van der Waals surface area contributed by atoms with Gasteiger partial charge in [0.2, 0.25) is 0 Å². The number of imidazole rings is 1. The van der Waals surface area contributed by atoms with Gasteiger partial charge >= 0.3 is 0 Å². The van der Waals surface area contributed by atoms with Gasteiger partial charge in [-0.3, -0.25) is 4.40 Å². The number of aromatic nitrogens is 3. The zero-order valence-corrected chi connectivity index (χ0v) is 11.1. The molecule has 0 radical (unpaired) electrons. The smallest absolute Gasteiger partial charge is 0.147 e. The first-order chi connectivity index (χ1) is 9.19. The first-order valence-corrected chi connectivity index (χ1v) is 6.28. The summed E-state index contributed by atoms with van der Waals surface area (Å²) in [4.78, 5) is 8.85. The van der Waals surface area contributed by atoms with E-state index in [9.17, 15) is 0 Å². The SMILES string of the molecule is Cc1ccc(-c2cncn3cc(CN)nc23)c(C)c1. The van der Waals surface area contributed by atoms with Crippen molar-refractivity contribution >= 4 is 5.65 Å². The minimum absolute atomic E-state index is 0.438. The topological polar surface area (TPSA) is 56.2 Å². The second-order valence-corrected chi connectivity index (χ2v) is 4.79. The van der Waals surface area contributed by atoms with Crippen LogP contribution in [0.2, 0.25) is 0 Å². The molecule has 96 valence electrons. The molecule has 1 aromatic carbocycles. The van der Waals surface area contributed by atoms with Gasteiger partial charge in [-0.05, 0) is 25.0 Å². The van der Waals surface area contributed by atoms with Crippen LogP contribution in [-0.4, -0.2) is 14.4 Å². The van der Waals surface area contributed by atoms with E-state index in [2.05, 4.69) is 42.0 Å². The lowest BCUT2D eigenvalue weighted by Gasteiger charge is -2.07. The average molecular weight is 252 g/mol.